The predicted molar refractivity (Wildman–Crippen MR) is 145 cm³/mol. The van der Waals surface area contributed by atoms with Crippen LogP contribution in [0.1, 0.15) is 95.3 Å². The van der Waals surface area contributed by atoms with Crippen LogP contribution in [0.5, 0.6) is 0 Å². The Morgan fingerprint density at radius 3 is 2.41 bits per heavy atom. The third-order valence-electron chi connectivity index (χ3n) is 11.7. The van der Waals surface area contributed by atoms with Crippen LogP contribution in [0.4, 0.5) is 0 Å². The molecule has 0 aromatic heterocycles. The number of carboxylic acid groups (broad SMARTS) is 1. The minimum Gasteiger partial charge on any atom is -0.481 e. The fourth-order valence-corrected chi connectivity index (χ4v) is 9.90. The van der Waals surface area contributed by atoms with E-state index in [1.54, 1.807) is 24.3 Å². The number of halogens is 1. The van der Waals surface area contributed by atoms with Crippen LogP contribution in [0.15, 0.2) is 24.3 Å². The molecular weight excluding hydrogens is 486 g/mol. The summed E-state index contributed by atoms with van der Waals surface area (Å²) in [5, 5.41) is 24.0. The summed E-state index contributed by atoms with van der Waals surface area (Å²) in [4.78, 5) is 24.7. The van der Waals surface area contributed by atoms with Crippen molar-refractivity contribution in [2.75, 3.05) is 0 Å². The molecule has 1 aromatic carbocycles. The van der Waals surface area contributed by atoms with Gasteiger partial charge in [-0.15, -0.1) is 0 Å². The van der Waals surface area contributed by atoms with Gasteiger partial charge in [0.1, 0.15) is 0 Å². The lowest BCUT2D eigenvalue weighted by atomic mass is 9.43. The van der Waals surface area contributed by atoms with Crippen molar-refractivity contribution in [1.29, 1.82) is 0 Å². The van der Waals surface area contributed by atoms with E-state index in [1.165, 1.54) is 6.42 Å². The summed E-state index contributed by atoms with van der Waals surface area (Å²) >= 11 is 6.07. The number of hydrogen-bond acceptors (Lipinski definition) is 3. The lowest BCUT2D eigenvalue weighted by molar-refractivity contribution is -0.141. The summed E-state index contributed by atoms with van der Waals surface area (Å²) in [5.74, 6) is 2.10. The van der Waals surface area contributed by atoms with E-state index in [2.05, 4.69) is 26.1 Å². The van der Waals surface area contributed by atoms with E-state index < -0.39 is 5.97 Å². The van der Waals surface area contributed by atoms with Crippen LogP contribution < -0.4 is 5.32 Å². The minimum atomic E-state index is -0.703. The van der Waals surface area contributed by atoms with Gasteiger partial charge in [-0.25, -0.2) is 0 Å². The average Bonchev–Trinajstić information content (AvgIpc) is 3.21. The molecule has 4 fully saturated rings. The Hall–Kier alpha value is -1.59. The number of amides is 1. The van der Waals surface area contributed by atoms with Gasteiger partial charge in [-0.05, 0) is 128 Å². The number of benzene rings is 1. The highest BCUT2D eigenvalue weighted by Gasteiger charge is 2.63. The Bertz CT molecular complexity index is 1010. The third-order valence-corrected chi connectivity index (χ3v) is 11.9. The third kappa shape index (κ3) is 4.84. The van der Waals surface area contributed by atoms with Gasteiger partial charge in [0, 0.05) is 23.0 Å². The van der Waals surface area contributed by atoms with Crippen molar-refractivity contribution < 1.29 is 19.8 Å². The Kier molecular flexibility index (Phi) is 7.43. The minimum absolute atomic E-state index is 0.0305. The zero-order valence-electron chi connectivity index (χ0n) is 22.6. The van der Waals surface area contributed by atoms with Crippen LogP contribution >= 0.6 is 11.6 Å². The summed E-state index contributed by atoms with van der Waals surface area (Å²) in [6.45, 7) is 7.21. The largest absolute Gasteiger partial charge is 0.481 e. The van der Waals surface area contributed by atoms with E-state index in [9.17, 15) is 19.8 Å². The van der Waals surface area contributed by atoms with E-state index in [4.69, 9.17) is 11.6 Å². The predicted octanol–water partition coefficient (Wildman–Crippen LogP) is 6.57. The molecular formula is C31H44ClNO4. The van der Waals surface area contributed by atoms with Gasteiger partial charge in [0.2, 0.25) is 0 Å². The summed E-state index contributed by atoms with van der Waals surface area (Å²) < 4.78 is 0. The standard InChI is InChI=1S/C31H44ClNO4/c1-18(4-11-27(35)36)23-9-10-24-28-25(13-15-31(23,24)3)30(2)14-12-22(34)16-20(30)17-26(28)33-29(37)19-5-7-21(32)8-6-19/h5-8,18,20,22-26,28,34H,4,9-17H2,1-3H3,(H,33,37)(H,35,36)/t18?,20-,22+,23+,24-,25-,26-,28-,30-,31+/m0/s1. The van der Waals surface area contributed by atoms with Crippen molar-refractivity contribution in [2.45, 2.75) is 97.1 Å². The first-order valence-electron chi connectivity index (χ1n) is 14.5. The highest BCUT2D eigenvalue weighted by molar-refractivity contribution is 6.30. The van der Waals surface area contributed by atoms with Gasteiger partial charge in [-0.2, -0.15) is 0 Å². The van der Waals surface area contributed by atoms with Gasteiger partial charge < -0.3 is 15.5 Å². The maximum atomic E-state index is 13.4. The fraction of sp³-hybridized carbons (Fsp3) is 0.742. The number of aliphatic hydroxyl groups is 1. The number of carbonyl (C=O) groups is 2. The molecule has 37 heavy (non-hydrogen) atoms. The molecule has 10 atom stereocenters. The molecule has 0 bridgehead atoms. The van der Waals surface area contributed by atoms with E-state index >= 15 is 0 Å². The maximum absolute atomic E-state index is 13.4. The van der Waals surface area contributed by atoms with Crippen molar-refractivity contribution in [3.63, 3.8) is 0 Å². The molecule has 4 aliphatic rings. The van der Waals surface area contributed by atoms with Gasteiger partial charge in [0.05, 0.1) is 6.10 Å². The SMILES string of the molecule is CC(CCC(=O)O)[C@H]1CC[C@H]2[C@@H]3[C@@H](NC(=O)c4ccc(Cl)cc4)C[C@@H]4C[C@H](O)CC[C@]4(C)[C@H]3CC[C@]12C. The number of fused-ring (bicyclic) bond motifs is 5. The van der Waals surface area contributed by atoms with Crippen LogP contribution in [-0.2, 0) is 4.79 Å². The number of aliphatic hydroxyl groups excluding tert-OH is 1. The van der Waals surface area contributed by atoms with Crippen LogP contribution in [0.3, 0.4) is 0 Å². The molecule has 6 heteroatoms. The molecule has 3 N–H and O–H groups in total. The molecule has 204 valence electrons. The second-order valence-corrected chi connectivity index (χ2v) is 13.8. The Morgan fingerprint density at radius 2 is 1.70 bits per heavy atom. The first kappa shape index (κ1) is 27.0. The molecule has 1 aromatic rings. The molecule has 0 spiro atoms. The Morgan fingerprint density at radius 1 is 1.03 bits per heavy atom. The molecule has 0 heterocycles. The summed E-state index contributed by atoms with van der Waals surface area (Å²) in [7, 11) is 0. The molecule has 5 rings (SSSR count). The molecule has 5 nitrogen and oxygen atoms in total. The van der Waals surface area contributed by atoms with Crippen LogP contribution in [0.2, 0.25) is 5.02 Å². The number of hydrogen-bond donors (Lipinski definition) is 3. The Labute approximate surface area is 226 Å². The van der Waals surface area contributed by atoms with Crippen molar-refractivity contribution >= 4 is 23.5 Å². The normalized spacial score (nSPS) is 41.7. The fourth-order valence-electron chi connectivity index (χ4n) is 9.78. The molecule has 0 aliphatic heterocycles. The van der Waals surface area contributed by atoms with Gasteiger partial charge in [0.15, 0.2) is 0 Å². The molecule has 0 radical (unpaired) electrons. The second kappa shape index (κ2) is 10.2. The van der Waals surface area contributed by atoms with Crippen molar-refractivity contribution in [3.8, 4) is 0 Å². The quantitative estimate of drug-likeness (QED) is 0.389. The van der Waals surface area contributed by atoms with E-state index in [-0.39, 0.29) is 35.3 Å². The van der Waals surface area contributed by atoms with E-state index in [0.717, 1.165) is 51.4 Å². The van der Waals surface area contributed by atoms with Crippen LogP contribution in [0, 0.1) is 46.3 Å². The molecule has 4 saturated carbocycles. The zero-order valence-corrected chi connectivity index (χ0v) is 23.3. The summed E-state index contributed by atoms with van der Waals surface area (Å²) in [5.41, 5.74) is 1.03. The van der Waals surface area contributed by atoms with Crippen molar-refractivity contribution in [1.82, 2.24) is 5.32 Å². The average molecular weight is 530 g/mol. The maximum Gasteiger partial charge on any atom is 0.303 e. The number of nitrogens with one attached hydrogen (secondary N) is 1. The lowest BCUT2D eigenvalue weighted by Gasteiger charge is -2.63. The van der Waals surface area contributed by atoms with E-state index in [1.807, 2.05) is 0 Å². The highest BCUT2D eigenvalue weighted by Crippen LogP contribution is 2.68. The highest BCUT2D eigenvalue weighted by atomic mass is 35.5. The Balaban J connectivity index is 1.44. The van der Waals surface area contributed by atoms with Gasteiger partial charge >= 0.3 is 5.97 Å². The van der Waals surface area contributed by atoms with Crippen LogP contribution in [-0.4, -0.2) is 34.2 Å². The number of aliphatic carboxylic acids is 1. The molecule has 1 amide bonds. The zero-order chi connectivity index (χ0) is 26.5. The lowest BCUT2D eigenvalue weighted by Crippen LogP contribution is -2.62. The topological polar surface area (TPSA) is 86.6 Å². The van der Waals surface area contributed by atoms with E-state index in [0.29, 0.717) is 46.1 Å². The van der Waals surface area contributed by atoms with Crippen LogP contribution in [0.25, 0.3) is 0 Å². The molecule has 0 saturated heterocycles. The molecule has 4 aliphatic carbocycles. The smallest absolute Gasteiger partial charge is 0.303 e. The monoisotopic (exact) mass is 529 g/mol. The number of rotatable bonds is 6. The summed E-state index contributed by atoms with van der Waals surface area (Å²) in [6.07, 6.45) is 9.13. The van der Waals surface area contributed by atoms with Crippen molar-refractivity contribution in [2.24, 2.45) is 46.3 Å². The summed E-state index contributed by atoms with van der Waals surface area (Å²) in [6, 6.07) is 7.23. The number of carboxylic acids is 1. The van der Waals surface area contributed by atoms with Crippen molar-refractivity contribution in [3.05, 3.63) is 34.9 Å². The van der Waals surface area contributed by atoms with Gasteiger partial charge in [0.25, 0.3) is 5.91 Å². The van der Waals surface area contributed by atoms with Gasteiger partial charge in [-0.3, -0.25) is 9.59 Å². The number of carbonyl (C=O) groups excluding carboxylic acids is 1. The molecule has 1 unspecified atom stereocenters. The first-order valence-corrected chi connectivity index (χ1v) is 14.9. The van der Waals surface area contributed by atoms with Gasteiger partial charge in [-0.1, -0.05) is 32.4 Å². The second-order valence-electron chi connectivity index (χ2n) is 13.4. The first-order chi connectivity index (χ1) is 17.5.